The molecule has 0 aliphatic carbocycles. The van der Waals surface area contributed by atoms with Crippen LogP contribution < -0.4 is 5.32 Å². The van der Waals surface area contributed by atoms with Crippen molar-refractivity contribution < 1.29 is 14.3 Å². The number of aliphatic imine (C=N–C) groups is 1. The molecule has 1 amide bonds. The van der Waals surface area contributed by atoms with Crippen molar-refractivity contribution >= 4 is 34.9 Å². The average molecular weight is 388 g/mol. The van der Waals surface area contributed by atoms with Gasteiger partial charge in [-0.15, -0.1) is 0 Å². The summed E-state index contributed by atoms with van der Waals surface area (Å²) >= 11 is 6.13. The van der Waals surface area contributed by atoms with Crippen LogP contribution in [0.15, 0.2) is 47.6 Å². The van der Waals surface area contributed by atoms with Crippen LogP contribution in [-0.2, 0) is 14.3 Å². The number of ether oxygens (including phenoxy) is 1. The number of anilines is 1. The zero-order chi connectivity index (χ0) is 19.8. The molecule has 0 saturated carbocycles. The molecule has 0 unspecified atom stereocenters. The number of esters is 1. The SMILES string of the molecule is CC.COC(=O)CC[C@@H]1N=C(c2ccccn2)c2cc(Cl)ccc2NC1=O. The lowest BCUT2D eigenvalue weighted by Crippen LogP contribution is -2.26. The Morgan fingerprint density at radius 3 is 2.70 bits per heavy atom. The molecule has 1 aromatic carbocycles. The van der Waals surface area contributed by atoms with Crippen LogP contribution in [0.4, 0.5) is 5.69 Å². The van der Waals surface area contributed by atoms with Crippen molar-refractivity contribution in [2.75, 3.05) is 12.4 Å². The van der Waals surface area contributed by atoms with E-state index in [9.17, 15) is 9.59 Å². The first kappa shape index (κ1) is 20.6. The third kappa shape index (κ3) is 5.14. The number of carbonyl (C=O) groups excluding carboxylic acids is 2. The van der Waals surface area contributed by atoms with Gasteiger partial charge in [-0.2, -0.15) is 0 Å². The van der Waals surface area contributed by atoms with Crippen molar-refractivity contribution in [3.05, 3.63) is 58.9 Å². The number of benzene rings is 1. The van der Waals surface area contributed by atoms with Gasteiger partial charge in [-0.1, -0.05) is 31.5 Å². The lowest BCUT2D eigenvalue weighted by molar-refractivity contribution is -0.140. The van der Waals surface area contributed by atoms with Crippen molar-refractivity contribution in [3.63, 3.8) is 0 Å². The van der Waals surface area contributed by atoms with Gasteiger partial charge in [0.15, 0.2) is 0 Å². The van der Waals surface area contributed by atoms with Gasteiger partial charge in [0.1, 0.15) is 6.04 Å². The summed E-state index contributed by atoms with van der Waals surface area (Å²) in [6.45, 7) is 4.00. The van der Waals surface area contributed by atoms with Crippen LogP contribution in [0.25, 0.3) is 0 Å². The highest BCUT2D eigenvalue weighted by molar-refractivity contribution is 6.31. The second kappa shape index (κ2) is 9.83. The van der Waals surface area contributed by atoms with Crippen LogP contribution in [0, 0.1) is 0 Å². The first-order chi connectivity index (χ1) is 13.1. The van der Waals surface area contributed by atoms with Gasteiger partial charge in [-0.05, 0) is 36.8 Å². The Kier molecular flexibility index (Phi) is 7.49. The van der Waals surface area contributed by atoms with Crippen LogP contribution in [0.3, 0.4) is 0 Å². The van der Waals surface area contributed by atoms with E-state index in [-0.39, 0.29) is 24.7 Å². The number of benzodiazepines with no additional fused rings is 1. The summed E-state index contributed by atoms with van der Waals surface area (Å²) in [5.74, 6) is -0.661. The molecule has 2 aromatic rings. The minimum absolute atomic E-state index is 0.102. The predicted octanol–water partition coefficient (Wildman–Crippen LogP) is 3.87. The van der Waals surface area contributed by atoms with Gasteiger partial charge in [-0.25, -0.2) is 0 Å². The number of halogens is 1. The van der Waals surface area contributed by atoms with Crippen LogP contribution in [0.5, 0.6) is 0 Å². The van der Waals surface area contributed by atoms with E-state index in [1.165, 1.54) is 7.11 Å². The van der Waals surface area contributed by atoms with Gasteiger partial charge in [0.2, 0.25) is 5.91 Å². The fourth-order valence-electron chi connectivity index (χ4n) is 2.58. The lowest BCUT2D eigenvalue weighted by Gasteiger charge is -2.10. The summed E-state index contributed by atoms with van der Waals surface area (Å²) in [7, 11) is 1.32. The van der Waals surface area contributed by atoms with E-state index in [1.54, 1.807) is 30.5 Å². The molecular formula is C20H22ClN3O3. The monoisotopic (exact) mass is 387 g/mol. The number of hydrogen-bond acceptors (Lipinski definition) is 5. The molecule has 0 spiro atoms. The summed E-state index contributed by atoms with van der Waals surface area (Å²) in [4.78, 5) is 32.9. The molecule has 1 aliphatic heterocycles. The maximum atomic E-state index is 12.5. The molecule has 1 aliphatic rings. The molecule has 27 heavy (non-hydrogen) atoms. The standard InChI is InChI=1S/C18H16ClN3O3.C2H6/c1-25-16(23)8-7-15-18(24)22-13-6-5-11(19)10-12(13)17(21-15)14-4-2-3-9-20-14;1-2/h2-6,9-10,15H,7-8H2,1H3,(H,22,24);1-2H3/t15-;/m0./s1. The van der Waals surface area contributed by atoms with Gasteiger partial charge < -0.3 is 10.1 Å². The number of nitrogens with zero attached hydrogens (tertiary/aromatic N) is 2. The zero-order valence-corrected chi connectivity index (χ0v) is 16.3. The topological polar surface area (TPSA) is 80.7 Å². The fourth-order valence-corrected chi connectivity index (χ4v) is 2.75. The largest absolute Gasteiger partial charge is 0.469 e. The smallest absolute Gasteiger partial charge is 0.305 e. The molecule has 0 radical (unpaired) electrons. The van der Waals surface area contributed by atoms with E-state index in [1.807, 2.05) is 26.0 Å². The Balaban J connectivity index is 0.00000126. The molecule has 2 heterocycles. The van der Waals surface area contributed by atoms with E-state index >= 15 is 0 Å². The van der Waals surface area contributed by atoms with Crippen LogP contribution >= 0.6 is 11.6 Å². The van der Waals surface area contributed by atoms with Crippen LogP contribution in [-0.4, -0.2) is 35.7 Å². The molecule has 7 heteroatoms. The summed E-state index contributed by atoms with van der Waals surface area (Å²) < 4.78 is 4.65. The van der Waals surface area contributed by atoms with Crippen molar-refractivity contribution in [2.45, 2.75) is 32.7 Å². The Morgan fingerprint density at radius 2 is 2.04 bits per heavy atom. The van der Waals surface area contributed by atoms with Crippen molar-refractivity contribution in [1.82, 2.24) is 4.98 Å². The number of amides is 1. The maximum absolute atomic E-state index is 12.5. The molecule has 6 nitrogen and oxygen atoms in total. The van der Waals surface area contributed by atoms with Gasteiger partial charge in [0, 0.05) is 23.2 Å². The Labute approximate surface area is 163 Å². The Bertz CT molecular complexity index is 838. The van der Waals surface area contributed by atoms with Crippen LogP contribution in [0.1, 0.15) is 37.9 Å². The highest BCUT2D eigenvalue weighted by atomic mass is 35.5. The quantitative estimate of drug-likeness (QED) is 0.807. The molecule has 1 N–H and O–H groups in total. The zero-order valence-electron chi connectivity index (χ0n) is 15.5. The van der Waals surface area contributed by atoms with Gasteiger partial charge in [0.25, 0.3) is 0 Å². The molecule has 0 bridgehead atoms. The van der Waals surface area contributed by atoms with Gasteiger partial charge in [0.05, 0.1) is 24.2 Å². The van der Waals surface area contributed by atoms with Gasteiger partial charge >= 0.3 is 5.97 Å². The molecule has 0 fully saturated rings. The minimum atomic E-state index is -0.720. The maximum Gasteiger partial charge on any atom is 0.305 e. The molecule has 3 rings (SSSR count). The lowest BCUT2D eigenvalue weighted by atomic mass is 10.0. The number of fused-ring (bicyclic) bond motifs is 1. The number of methoxy groups -OCH3 is 1. The summed E-state index contributed by atoms with van der Waals surface area (Å²) in [5, 5.41) is 3.38. The number of pyridine rings is 1. The first-order valence-corrected chi connectivity index (χ1v) is 9.13. The summed E-state index contributed by atoms with van der Waals surface area (Å²) in [5.41, 5.74) is 2.50. The van der Waals surface area contributed by atoms with Crippen LogP contribution in [0.2, 0.25) is 5.02 Å². The van der Waals surface area contributed by atoms with Crippen molar-refractivity contribution in [1.29, 1.82) is 0 Å². The van der Waals surface area contributed by atoms with E-state index in [4.69, 9.17) is 11.6 Å². The molecule has 0 saturated heterocycles. The second-order valence-electron chi connectivity index (χ2n) is 5.50. The van der Waals surface area contributed by atoms with Gasteiger partial charge in [-0.3, -0.25) is 19.6 Å². The van der Waals surface area contributed by atoms with E-state index in [2.05, 4.69) is 20.0 Å². The molecule has 142 valence electrons. The fraction of sp³-hybridized carbons (Fsp3) is 0.300. The highest BCUT2D eigenvalue weighted by Crippen LogP contribution is 2.27. The van der Waals surface area contributed by atoms with Crippen molar-refractivity contribution in [3.8, 4) is 0 Å². The number of carbonyl (C=O) groups is 2. The van der Waals surface area contributed by atoms with E-state index < -0.39 is 6.04 Å². The summed E-state index contributed by atoms with van der Waals surface area (Å²) in [6.07, 6.45) is 2.01. The predicted molar refractivity (Wildman–Crippen MR) is 106 cm³/mol. The highest BCUT2D eigenvalue weighted by Gasteiger charge is 2.27. The second-order valence-corrected chi connectivity index (χ2v) is 5.94. The normalized spacial score (nSPS) is 15.3. The Hall–Kier alpha value is -2.73. The molecule has 1 aromatic heterocycles. The third-order valence-electron chi connectivity index (χ3n) is 3.84. The number of hydrogen-bond donors (Lipinski definition) is 1. The van der Waals surface area contributed by atoms with E-state index in [0.717, 1.165) is 0 Å². The van der Waals surface area contributed by atoms with E-state index in [0.29, 0.717) is 27.7 Å². The third-order valence-corrected chi connectivity index (χ3v) is 4.07. The number of rotatable bonds is 4. The minimum Gasteiger partial charge on any atom is -0.469 e. The molecular weight excluding hydrogens is 366 g/mol. The van der Waals surface area contributed by atoms with Crippen molar-refractivity contribution in [2.24, 2.45) is 4.99 Å². The Morgan fingerprint density at radius 1 is 1.26 bits per heavy atom. The first-order valence-electron chi connectivity index (χ1n) is 8.75. The summed E-state index contributed by atoms with van der Waals surface area (Å²) in [6, 6.07) is 9.92. The molecule has 1 atom stereocenters. The average Bonchev–Trinajstić information content (AvgIpc) is 2.84. The number of nitrogens with one attached hydrogen (secondary N) is 1. The number of aromatic nitrogens is 1.